The number of rotatable bonds is 6. The van der Waals surface area contributed by atoms with Gasteiger partial charge in [-0.05, 0) is 43.2 Å². The fourth-order valence-electron chi connectivity index (χ4n) is 2.24. The molecule has 0 aliphatic rings. The first-order valence-electron chi connectivity index (χ1n) is 7.80. The van der Waals surface area contributed by atoms with E-state index in [0.717, 1.165) is 26.6 Å². The number of thiazole rings is 1. The zero-order valence-electron chi connectivity index (χ0n) is 14.0. The fourth-order valence-corrected chi connectivity index (χ4v) is 3.26. The Balaban J connectivity index is 1.72. The summed E-state index contributed by atoms with van der Waals surface area (Å²) in [7, 11) is 0. The molecular weight excluding hydrogens is 398 g/mol. The normalized spacial score (nSPS) is 11.0. The number of benzene rings is 2. The maximum absolute atomic E-state index is 6.01. The van der Waals surface area contributed by atoms with Gasteiger partial charge in [0.1, 0.15) is 12.4 Å². The molecule has 128 valence electrons. The molecule has 25 heavy (non-hydrogen) atoms. The molecule has 0 saturated carbocycles. The summed E-state index contributed by atoms with van der Waals surface area (Å²) in [5, 5.41) is 7.02. The number of anilines is 1. The summed E-state index contributed by atoms with van der Waals surface area (Å²) < 4.78 is 6.99. The molecule has 1 heterocycles. The molecule has 0 fully saturated rings. The van der Waals surface area contributed by atoms with Crippen LogP contribution in [0.3, 0.4) is 0 Å². The van der Waals surface area contributed by atoms with Gasteiger partial charge >= 0.3 is 0 Å². The molecule has 1 aromatic heterocycles. The minimum absolute atomic E-state index is 0.522. The summed E-state index contributed by atoms with van der Waals surface area (Å²) in [5.74, 6) is 0.785. The Labute approximate surface area is 159 Å². The van der Waals surface area contributed by atoms with E-state index in [4.69, 9.17) is 4.74 Å². The fraction of sp³-hybridized carbons (Fsp3) is 0.158. The molecule has 3 rings (SSSR count). The van der Waals surface area contributed by atoms with Gasteiger partial charge < -0.3 is 4.74 Å². The average Bonchev–Trinajstić information content (AvgIpc) is 3.01. The highest BCUT2D eigenvalue weighted by atomic mass is 79.9. The zero-order valence-corrected chi connectivity index (χ0v) is 16.4. The lowest BCUT2D eigenvalue weighted by Crippen LogP contribution is -2.00. The number of aromatic nitrogens is 1. The number of nitrogens with zero attached hydrogens (tertiary/aromatic N) is 2. The number of halogens is 1. The van der Waals surface area contributed by atoms with Crippen molar-refractivity contribution in [1.82, 2.24) is 4.98 Å². The Morgan fingerprint density at radius 3 is 2.84 bits per heavy atom. The Morgan fingerprint density at radius 1 is 1.24 bits per heavy atom. The predicted octanol–water partition coefficient (Wildman–Crippen LogP) is 5.55. The number of aryl methyl sites for hydroxylation is 2. The number of ether oxygens (including phenoxy) is 1. The predicted molar refractivity (Wildman–Crippen MR) is 108 cm³/mol. The molecule has 0 aliphatic heterocycles. The van der Waals surface area contributed by atoms with Crippen molar-refractivity contribution in [1.29, 1.82) is 0 Å². The van der Waals surface area contributed by atoms with Crippen molar-refractivity contribution in [2.45, 2.75) is 20.5 Å². The maximum Gasteiger partial charge on any atom is 0.203 e. The van der Waals surface area contributed by atoms with Gasteiger partial charge in [0, 0.05) is 15.4 Å². The molecule has 0 spiro atoms. The van der Waals surface area contributed by atoms with Gasteiger partial charge in [-0.1, -0.05) is 40.2 Å². The monoisotopic (exact) mass is 415 g/mol. The number of nitrogens with one attached hydrogen (secondary N) is 1. The van der Waals surface area contributed by atoms with Crippen LogP contribution in [0.25, 0.3) is 0 Å². The Bertz CT molecular complexity index is 892. The van der Waals surface area contributed by atoms with Gasteiger partial charge in [0.15, 0.2) is 0 Å². The van der Waals surface area contributed by atoms with Crippen molar-refractivity contribution in [3.05, 3.63) is 74.7 Å². The van der Waals surface area contributed by atoms with Crippen LogP contribution < -0.4 is 10.2 Å². The summed E-state index contributed by atoms with van der Waals surface area (Å²) in [4.78, 5) is 4.32. The van der Waals surface area contributed by atoms with Crippen molar-refractivity contribution >= 4 is 38.6 Å². The summed E-state index contributed by atoms with van der Waals surface area (Å²) in [6.45, 7) is 4.56. The second kappa shape index (κ2) is 8.27. The van der Waals surface area contributed by atoms with Gasteiger partial charge in [0.05, 0.1) is 11.9 Å². The second-order valence-corrected chi connectivity index (χ2v) is 7.34. The third kappa shape index (κ3) is 4.90. The van der Waals surface area contributed by atoms with Crippen LogP contribution in [-0.2, 0) is 6.61 Å². The van der Waals surface area contributed by atoms with Gasteiger partial charge in [-0.25, -0.2) is 4.98 Å². The Morgan fingerprint density at radius 2 is 2.08 bits per heavy atom. The molecule has 2 aromatic carbocycles. The van der Waals surface area contributed by atoms with E-state index >= 15 is 0 Å². The first-order valence-corrected chi connectivity index (χ1v) is 9.47. The van der Waals surface area contributed by atoms with Crippen molar-refractivity contribution in [3.63, 3.8) is 0 Å². The highest BCUT2D eigenvalue weighted by molar-refractivity contribution is 9.10. The van der Waals surface area contributed by atoms with Crippen molar-refractivity contribution in [2.75, 3.05) is 5.43 Å². The highest BCUT2D eigenvalue weighted by Gasteiger charge is 2.05. The lowest BCUT2D eigenvalue weighted by molar-refractivity contribution is 0.305. The summed E-state index contributed by atoms with van der Waals surface area (Å²) >= 11 is 5.02. The Kier molecular flexibility index (Phi) is 5.83. The summed E-state index contributed by atoms with van der Waals surface area (Å²) in [6, 6.07) is 14.1. The highest BCUT2D eigenvalue weighted by Crippen LogP contribution is 2.23. The third-order valence-corrected chi connectivity index (χ3v) is 4.96. The van der Waals surface area contributed by atoms with Crippen LogP contribution in [-0.4, -0.2) is 11.2 Å². The number of hydrazone groups is 1. The van der Waals surface area contributed by atoms with Crippen LogP contribution in [0.2, 0.25) is 0 Å². The minimum Gasteiger partial charge on any atom is -0.488 e. The zero-order chi connectivity index (χ0) is 17.6. The Hall–Kier alpha value is -2.18. The average molecular weight is 416 g/mol. The molecule has 6 heteroatoms. The topological polar surface area (TPSA) is 46.5 Å². The molecule has 0 bridgehead atoms. The smallest absolute Gasteiger partial charge is 0.203 e. The van der Waals surface area contributed by atoms with Gasteiger partial charge in [0.2, 0.25) is 5.13 Å². The van der Waals surface area contributed by atoms with E-state index in [0.29, 0.717) is 6.61 Å². The van der Waals surface area contributed by atoms with Crippen LogP contribution >= 0.6 is 27.3 Å². The van der Waals surface area contributed by atoms with Gasteiger partial charge in [-0.15, -0.1) is 11.3 Å². The van der Waals surface area contributed by atoms with E-state index < -0.39 is 0 Å². The van der Waals surface area contributed by atoms with E-state index in [9.17, 15) is 0 Å². The van der Waals surface area contributed by atoms with E-state index in [1.807, 2.05) is 42.6 Å². The molecule has 0 atom stereocenters. The van der Waals surface area contributed by atoms with E-state index in [1.165, 1.54) is 22.5 Å². The summed E-state index contributed by atoms with van der Waals surface area (Å²) in [5.41, 5.74) is 7.21. The SMILES string of the molecule is Cc1csc(NN=Cc2cc(Br)ccc2OCc2ccccc2C)n1. The number of hydrogen-bond acceptors (Lipinski definition) is 5. The first kappa shape index (κ1) is 17.6. The molecule has 1 N–H and O–H groups in total. The standard InChI is InChI=1S/C19H18BrN3OS/c1-13-5-3-4-6-15(13)11-24-18-8-7-17(20)9-16(18)10-21-23-19-22-14(2)12-25-19/h3-10,12H,11H2,1-2H3,(H,22,23). The van der Waals surface area contributed by atoms with E-state index in [1.54, 1.807) is 6.21 Å². The van der Waals surface area contributed by atoms with E-state index in [2.05, 4.69) is 50.5 Å². The molecule has 0 saturated heterocycles. The first-order chi connectivity index (χ1) is 12.1. The van der Waals surface area contributed by atoms with Crippen molar-refractivity contribution in [2.24, 2.45) is 5.10 Å². The molecular formula is C19H18BrN3OS. The molecule has 0 amide bonds. The lowest BCUT2D eigenvalue weighted by Gasteiger charge is -2.11. The molecule has 0 radical (unpaired) electrons. The second-order valence-electron chi connectivity index (χ2n) is 5.56. The molecule has 0 unspecified atom stereocenters. The van der Waals surface area contributed by atoms with Gasteiger partial charge in [0.25, 0.3) is 0 Å². The molecule has 4 nitrogen and oxygen atoms in total. The van der Waals surface area contributed by atoms with Crippen LogP contribution in [0.4, 0.5) is 5.13 Å². The molecule has 3 aromatic rings. The van der Waals surface area contributed by atoms with Crippen LogP contribution in [0.1, 0.15) is 22.4 Å². The lowest BCUT2D eigenvalue weighted by atomic mass is 10.1. The quantitative estimate of drug-likeness (QED) is 0.424. The van der Waals surface area contributed by atoms with Crippen molar-refractivity contribution in [3.8, 4) is 5.75 Å². The van der Waals surface area contributed by atoms with Gasteiger partial charge in [-0.3, -0.25) is 5.43 Å². The summed E-state index contributed by atoms with van der Waals surface area (Å²) in [6.07, 6.45) is 1.74. The van der Waals surface area contributed by atoms with Crippen molar-refractivity contribution < 1.29 is 4.74 Å². The van der Waals surface area contributed by atoms with Gasteiger partial charge in [-0.2, -0.15) is 5.10 Å². The van der Waals surface area contributed by atoms with Crippen LogP contribution in [0, 0.1) is 13.8 Å². The third-order valence-electron chi connectivity index (χ3n) is 3.60. The molecule has 0 aliphatic carbocycles. The number of hydrogen-bond donors (Lipinski definition) is 1. The van der Waals surface area contributed by atoms with Crippen LogP contribution in [0.5, 0.6) is 5.75 Å². The van der Waals surface area contributed by atoms with E-state index in [-0.39, 0.29) is 0 Å². The minimum atomic E-state index is 0.522. The maximum atomic E-state index is 6.01. The largest absolute Gasteiger partial charge is 0.488 e. The van der Waals surface area contributed by atoms with Crippen LogP contribution in [0.15, 0.2) is 57.4 Å².